The molecule has 0 saturated heterocycles. The number of rotatable bonds is 1. The standard InChI is InChI=1S/C63H53BN2OS/c1-60(2,3)34-22-24-35(25-23-34)66-49-30-39-36-16-10-13-19-43(36)63(8,9)44(39)28-42(49)56-57-58-54(55-38-18-12-15-21-53(38)68-59(55)56)41-29-45-46(62(6,7)27-26-61(45,4)5)32-48(41)65(58)50-31-40-37-17-11-14-20-51(37)67-52(40)33-47(50)64(57)66/h10-25,28-33H,26-27H2,1-9H3. The van der Waals surface area contributed by atoms with E-state index >= 15 is 0 Å². The minimum Gasteiger partial charge on any atom is -0.456 e. The zero-order chi connectivity index (χ0) is 46.1. The summed E-state index contributed by atoms with van der Waals surface area (Å²) in [6.45, 7) is 21.6. The van der Waals surface area contributed by atoms with E-state index in [4.69, 9.17) is 4.42 Å². The maximum atomic E-state index is 6.88. The molecule has 15 rings (SSSR count). The topological polar surface area (TPSA) is 21.3 Å². The highest BCUT2D eigenvalue weighted by Gasteiger charge is 2.48. The molecule has 0 N–H and O–H groups in total. The molecule has 0 amide bonds. The number of fused-ring (bicyclic) bond motifs is 20. The van der Waals surface area contributed by atoms with E-state index in [1.807, 2.05) is 11.3 Å². The fraction of sp³-hybridized carbons (Fsp3) is 0.238. The molecule has 11 aromatic rings. The Kier molecular flexibility index (Phi) is 7.28. The molecule has 0 unspecified atom stereocenters. The number of hydrogen-bond donors (Lipinski definition) is 0. The molecular weight excluding hydrogens is 844 g/mol. The summed E-state index contributed by atoms with van der Waals surface area (Å²) < 4.78 is 12.3. The number of para-hydroxylation sites is 1. The number of thiophene rings is 1. The summed E-state index contributed by atoms with van der Waals surface area (Å²) in [5.41, 5.74) is 23.4. The fourth-order valence-corrected chi connectivity index (χ4v) is 14.9. The van der Waals surface area contributed by atoms with E-state index < -0.39 is 0 Å². The van der Waals surface area contributed by atoms with Crippen LogP contribution in [0.15, 0.2) is 138 Å². The Morgan fingerprint density at radius 3 is 2.06 bits per heavy atom. The molecule has 3 nitrogen and oxygen atoms in total. The van der Waals surface area contributed by atoms with Gasteiger partial charge in [0.1, 0.15) is 11.2 Å². The normalized spacial score (nSPS) is 17.1. The van der Waals surface area contributed by atoms with Crippen LogP contribution in [0.4, 0.5) is 11.4 Å². The number of benzene rings is 8. The van der Waals surface area contributed by atoms with Gasteiger partial charge in [0.05, 0.1) is 11.0 Å². The average Bonchev–Trinajstić information content (AvgIpc) is 4.05. The second-order valence-corrected chi connectivity index (χ2v) is 24.5. The third-order valence-corrected chi connectivity index (χ3v) is 18.6. The molecule has 330 valence electrons. The minimum atomic E-state index is -0.162. The molecule has 2 aliphatic heterocycles. The Hall–Kier alpha value is -6.56. The molecule has 0 bridgehead atoms. The Labute approximate surface area is 402 Å². The van der Waals surface area contributed by atoms with Crippen molar-refractivity contribution in [1.82, 2.24) is 4.57 Å². The second-order valence-electron chi connectivity index (χ2n) is 23.5. The predicted octanol–water partition coefficient (Wildman–Crippen LogP) is 16.2. The zero-order valence-electron chi connectivity index (χ0n) is 40.4. The summed E-state index contributed by atoms with van der Waals surface area (Å²) in [7, 11) is 0. The highest BCUT2D eigenvalue weighted by molar-refractivity contribution is 7.27. The predicted molar refractivity (Wildman–Crippen MR) is 292 cm³/mol. The molecule has 0 atom stereocenters. The van der Waals surface area contributed by atoms with E-state index in [0.29, 0.717) is 0 Å². The first kappa shape index (κ1) is 39.4. The molecule has 3 aromatic heterocycles. The molecule has 68 heavy (non-hydrogen) atoms. The van der Waals surface area contributed by atoms with Gasteiger partial charge < -0.3 is 13.8 Å². The first-order valence-corrected chi connectivity index (χ1v) is 25.6. The van der Waals surface area contributed by atoms with Crippen LogP contribution in [0.5, 0.6) is 0 Å². The summed E-state index contributed by atoms with van der Waals surface area (Å²) in [6.07, 6.45) is 2.34. The van der Waals surface area contributed by atoms with Gasteiger partial charge in [-0.3, -0.25) is 0 Å². The fourth-order valence-electron chi connectivity index (χ4n) is 13.6. The van der Waals surface area contributed by atoms with Gasteiger partial charge >= 0.3 is 6.85 Å². The quantitative estimate of drug-likeness (QED) is 0.153. The monoisotopic (exact) mass is 896 g/mol. The van der Waals surface area contributed by atoms with Crippen molar-refractivity contribution in [3.05, 3.63) is 161 Å². The highest BCUT2D eigenvalue weighted by Crippen LogP contribution is 2.58. The van der Waals surface area contributed by atoms with Crippen LogP contribution in [0.2, 0.25) is 0 Å². The molecule has 0 radical (unpaired) electrons. The Balaban J connectivity index is 1.20. The van der Waals surface area contributed by atoms with Gasteiger partial charge in [-0.15, -0.1) is 11.3 Å². The van der Waals surface area contributed by atoms with Gasteiger partial charge in [-0.05, 0) is 140 Å². The number of nitrogens with zero attached hydrogens (tertiary/aromatic N) is 2. The zero-order valence-corrected chi connectivity index (χ0v) is 41.2. The molecular formula is C63H53BN2OS. The van der Waals surface area contributed by atoms with Gasteiger partial charge in [0, 0.05) is 75.3 Å². The van der Waals surface area contributed by atoms with E-state index in [1.54, 1.807) is 0 Å². The molecule has 8 aromatic carbocycles. The van der Waals surface area contributed by atoms with Crippen LogP contribution in [0, 0.1) is 0 Å². The van der Waals surface area contributed by atoms with Crippen molar-refractivity contribution in [2.45, 2.75) is 96.8 Å². The van der Waals surface area contributed by atoms with E-state index in [0.717, 1.165) is 28.4 Å². The Morgan fingerprint density at radius 1 is 0.574 bits per heavy atom. The van der Waals surface area contributed by atoms with Crippen LogP contribution in [0.1, 0.15) is 103 Å². The first-order valence-electron chi connectivity index (χ1n) is 24.7. The molecule has 5 heterocycles. The molecule has 0 spiro atoms. The van der Waals surface area contributed by atoms with Crippen molar-refractivity contribution < 1.29 is 4.42 Å². The summed E-state index contributed by atoms with van der Waals surface area (Å²) in [5, 5.41) is 7.81. The van der Waals surface area contributed by atoms with E-state index in [9.17, 15) is 0 Å². The van der Waals surface area contributed by atoms with Crippen molar-refractivity contribution >= 4 is 104 Å². The smallest absolute Gasteiger partial charge is 0.333 e. The summed E-state index contributed by atoms with van der Waals surface area (Å²) >= 11 is 1.99. The SMILES string of the molecule is CC(C)(C)c1ccc(N2B3c4cc5oc6ccccc6c5cc4-n4c5cc6c(cc5c5c7c(sc8ccccc87)c(c3c54)-c3cc4c(cc32)-c2ccccc2C4(C)C)C(C)(C)CCC6(C)C)cc1. The molecule has 0 saturated carbocycles. The number of aromatic nitrogens is 1. The maximum absolute atomic E-state index is 6.88. The van der Waals surface area contributed by atoms with Gasteiger partial charge in [0.2, 0.25) is 0 Å². The van der Waals surface area contributed by atoms with Crippen LogP contribution in [-0.2, 0) is 21.7 Å². The first-order chi connectivity index (χ1) is 32.6. The molecule has 0 fully saturated rings. The summed E-state index contributed by atoms with van der Waals surface area (Å²) in [5.74, 6) is 0. The molecule has 4 aliphatic rings. The Morgan fingerprint density at radius 2 is 1.28 bits per heavy atom. The van der Waals surface area contributed by atoms with Gasteiger partial charge in [-0.25, -0.2) is 0 Å². The molecule has 5 heteroatoms. The van der Waals surface area contributed by atoms with Crippen molar-refractivity contribution in [2.24, 2.45) is 0 Å². The van der Waals surface area contributed by atoms with Crippen LogP contribution in [-0.4, -0.2) is 11.4 Å². The lowest BCUT2D eigenvalue weighted by Gasteiger charge is -2.43. The van der Waals surface area contributed by atoms with Gasteiger partial charge in [-0.1, -0.05) is 135 Å². The molecule has 2 aliphatic carbocycles. The maximum Gasteiger partial charge on any atom is 0.333 e. The van der Waals surface area contributed by atoms with E-state index in [2.05, 4.69) is 205 Å². The van der Waals surface area contributed by atoms with Crippen LogP contribution in [0.25, 0.3) is 91.9 Å². The van der Waals surface area contributed by atoms with E-state index in [1.165, 1.54) is 126 Å². The number of furan rings is 1. The van der Waals surface area contributed by atoms with Gasteiger partial charge in [0.15, 0.2) is 0 Å². The summed E-state index contributed by atoms with van der Waals surface area (Å²) in [6, 6.07) is 51.9. The summed E-state index contributed by atoms with van der Waals surface area (Å²) in [4.78, 5) is 2.72. The highest BCUT2D eigenvalue weighted by atomic mass is 32.1. The van der Waals surface area contributed by atoms with Crippen molar-refractivity contribution in [3.8, 4) is 27.9 Å². The van der Waals surface area contributed by atoms with Crippen LogP contribution in [0.3, 0.4) is 0 Å². The third-order valence-electron chi connectivity index (χ3n) is 17.4. The lowest BCUT2D eigenvalue weighted by molar-refractivity contribution is 0.332. The van der Waals surface area contributed by atoms with Crippen molar-refractivity contribution in [3.63, 3.8) is 0 Å². The van der Waals surface area contributed by atoms with Crippen LogP contribution < -0.4 is 15.7 Å². The van der Waals surface area contributed by atoms with E-state index in [-0.39, 0.29) is 28.5 Å². The van der Waals surface area contributed by atoms with Gasteiger partial charge in [0.25, 0.3) is 0 Å². The average molecular weight is 897 g/mol. The Bertz CT molecular complexity index is 4110. The lowest BCUT2D eigenvalue weighted by Crippen LogP contribution is -2.60. The second kappa shape index (κ2) is 12.6. The van der Waals surface area contributed by atoms with Crippen molar-refractivity contribution in [1.29, 1.82) is 0 Å². The number of hydrogen-bond acceptors (Lipinski definition) is 3. The van der Waals surface area contributed by atoms with Gasteiger partial charge in [-0.2, -0.15) is 0 Å². The van der Waals surface area contributed by atoms with Crippen LogP contribution >= 0.6 is 11.3 Å². The number of anilines is 2. The largest absolute Gasteiger partial charge is 0.456 e. The van der Waals surface area contributed by atoms with Crippen molar-refractivity contribution in [2.75, 3.05) is 4.81 Å². The lowest BCUT2D eigenvalue weighted by atomic mass is 9.43. The minimum absolute atomic E-state index is 0.0214. The third kappa shape index (κ3) is 4.81.